The van der Waals surface area contributed by atoms with E-state index in [-0.39, 0.29) is 0 Å². The molecule has 0 aromatic heterocycles. The van der Waals surface area contributed by atoms with Crippen molar-refractivity contribution in [3.05, 3.63) is 0 Å². The van der Waals surface area contributed by atoms with Gasteiger partial charge in [0.1, 0.15) is 0 Å². The predicted molar refractivity (Wildman–Crippen MR) is 77.1 cm³/mol. The molecule has 0 N–H and O–H groups in total. The number of piperidine rings is 1. The lowest BCUT2D eigenvalue weighted by Gasteiger charge is -2.38. The fourth-order valence-electron chi connectivity index (χ4n) is 4.02. The van der Waals surface area contributed by atoms with Gasteiger partial charge >= 0.3 is 0 Å². The second-order valence-corrected chi connectivity index (χ2v) is 8.67. The summed E-state index contributed by atoms with van der Waals surface area (Å²) in [6.45, 7) is 4.65. The summed E-state index contributed by atoms with van der Waals surface area (Å²) in [7, 11) is -2.78. The largest absolute Gasteiger partial charge is 0.299 e. The highest BCUT2D eigenvalue weighted by Gasteiger charge is 2.33. The molecule has 2 unspecified atom stereocenters. The Kier molecular flexibility index (Phi) is 4.15. The molecular formula is C14H26N2O2S. The molecule has 0 bridgehead atoms. The van der Waals surface area contributed by atoms with Crippen molar-refractivity contribution in [1.29, 1.82) is 0 Å². The zero-order valence-electron chi connectivity index (χ0n) is 11.8. The number of rotatable bonds is 1. The van der Waals surface area contributed by atoms with E-state index in [0.29, 0.717) is 23.6 Å². The number of hydrogen-bond donors (Lipinski definition) is 0. The minimum Gasteiger partial charge on any atom is -0.299 e. The average Bonchev–Trinajstić information content (AvgIpc) is 2.59. The maximum atomic E-state index is 11.8. The lowest BCUT2D eigenvalue weighted by molar-refractivity contribution is 0.120. The Hall–Kier alpha value is -0.130. The van der Waals surface area contributed by atoms with Crippen LogP contribution in [0.1, 0.15) is 38.5 Å². The molecule has 0 spiro atoms. The molecular weight excluding hydrogens is 260 g/mol. The summed E-state index contributed by atoms with van der Waals surface area (Å²) in [6.07, 6.45) is 7.12. The van der Waals surface area contributed by atoms with Gasteiger partial charge in [0.05, 0.1) is 11.5 Å². The van der Waals surface area contributed by atoms with Gasteiger partial charge in [-0.1, -0.05) is 6.42 Å². The van der Waals surface area contributed by atoms with Gasteiger partial charge in [0.15, 0.2) is 9.84 Å². The summed E-state index contributed by atoms with van der Waals surface area (Å²) in [6, 6.07) is 0.974. The van der Waals surface area contributed by atoms with Crippen LogP contribution in [-0.4, -0.2) is 68.0 Å². The fraction of sp³-hybridized carbons (Fsp3) is 1.00. The predicted octanol–water partition coefficient (Wildman–Crippen LogP) is 1.12. The second-order valence-electron chi connectivity index (χ2n) is 6.44. The summed E-state index contributed by atoms with van der Waals surface area (Å²) in [5.41, 5.74) is 0. The van der Waals surface area contributed by atoms with Crippen molar-refractivity contribution in [1.82, 2.24) is 9.80 Å². The van der Waals surface area contributed by atoms with E-state index in [1.54, 1.807) is 0 Å². The highest BCUT2D eigenvalue weighted by atomic mass is 32.2. The number of sulfone groups is 1. The summed E-state index contributed by atoms with van der Waals surface area (Å²) in [5.74, 6) is 0.812. The molecule has 110 valence electrons. The van der Waals surface area contributed by atoms with E-state index in [9.17, 15) is 8.42 Å². The first-order valence-electron chi connectivity index (χ1n) is 7.82. The van der Waals surface area contributed by atoms with Crippen molar-refractivity contribution in [2.75, 3.05) is 37.7 Å². The fourth-order valence-corrected chi connectivity index (χ4v) is 5.76. The SMILES string of the molecule is O=S1(=O)CCCC(N2CCCN3CCCCC3C2)C1. The van der Waals surface area contributed by atoms with Crippen LogP contribution in [0.4, 0.5) is 0 Å². The van der Waals surface area contributed by atoms with Gasteiger partial charge in [-0.05, 0) is 51.7 Å². The van der Waals surface area contributed by atoms with Gasteiger partial charge in [-0.25, -0.2) is 8.42 Å². The lowest BCUT2D eigenvalue weighted by Crippen LogP contribution is -2.49. The van der Waals surface area contributed by atoms with Gasteiger partial charge in [-0.15, -0.1) is 0 Å². The maximum Gasteiger partial charge on any atom is 0.151 e. The molecule has 19 heavy (non-hydrogen) atoms. The van der Waals surface area contributed by atoms with E-state index in [4.69, 9.17) is 0 Å². The van der Waals surface area contributed by atoms with Crippen LogP contribution in [0.2, 0.25) is 0 Å². The van der Waals surface area contributed by atoms with Crippen molar-refractivity contribution in [2.24, 2.45) is 0 Å². The van der Waals surface area contributed by atoms with Gasteiger partial charge in [-0.2, -0.15) is 0 Å². The van der Waals surface area contributed by atoms with Crippen molar-refractivity contribution >= 4 is 9.84 Å². The van der Waals surface area contributed by atoms with Gasteiger partial charge in [-0.3, -0.25) is 9.80 Å². The normalized spacial score (nSPS) is 37.5. The summed E-state index contributed by atoms with van der Waals surface area (Å²) in [5, 5.41) is 0. The third-order valence-corrected chi connectivity index (χ3v) is 6.84. The summed E-state index contributed by atoms with van der Waals surface area (Å²) >= 11 is 0. The molecule has 0 aliphatic carbocycles. The monoisotopic (exact) mass is 286 g/mol. The Morgan fingerprint density at radius 2 is 1.53 bits per heavy atom. The molecule has 3 rings (SSSR count). The Labute approximate surface area is 117 Å². The molecule has 0 aromatic rings. The van der Waals surface area contributed by atoms with Crippen LogP contribution in [0.15, 0.2) is 0 Å². The van der Waals surface area contributed by atoms with E-state index >= 15 is 0 Å². The number of hydrogen-bond acceptors (Lipinski definition) is 4. The van der Waals surface area contributed by atoms with Crippen LogP contribution in [0.25, 0.3) is 0 Å². The maximum absolute atomic E-state index is 11.8. The van der Waals surface area contributed by atoms with Crippen molar-refractivity contribution < 1.29 is 8.42 Å². The molecule has 0 aromatic carbocycles. The lowest BCUT2D eigenvalue weighted by atomic mass is 10.0. The third-order valence-electron chi connectivity index (χ3n) is 5.04. The third kappa shape index (κ3) is 3.31. The molecule has 0 amide bonds. The van der Waals surface area contributed by atoms with Crippen molar-refractivity contribution in [3.63, 3.8) is 0 Å². The molecule has 4 nitrogen and oxygen atoms in total. The van der Waals surface area contributed by atoms with Crippen molar-refractivity contribution in [2.45, 2.75) is 50.6 Å². The second kappa shape index (κ2) is 5.70. The Balaban J connectivity index is 1.67. The van der Waals surface area contributed by atoms with E-state index in [2.05, 4.69) is 9.80 Å². The van der Waals surface area contributed by atoms with Crippen LogP contribution in [-0.2, 0) is 9.84 Å². The van der Waals surface area contributed by atoms with E-state index in [1.165, 1.54) is 38.8 Å². The highest BCUT2D eigenvalue weighted by molar-refractivity contribution is 7.91. The minimum absolute atomic E-state index is 0.292. The van der Waals surface area contributed by atoms with E-state index in [1.807, 2.05) is 0 Å². The molecule has 2 atom stereocenters. The number of nitrogens with zero attached hydrogens (tertiary/aromatic N) is 2. The topological polar surface area (TPSA) is 40.6 Å². The Morgan fingerprint density at radius 1 is 0.789 bits per heavy atom. The Bertz CT molecular complexity index is 410. The van der Waals surface area contributed by atoms with Gasteiger partial charge < -0.3 is 0 Å². The van der Waals surface area contributed by atoms with Crippen LogP contribution >= 0.6 is 0 Å². The highest BCUT2D eigenvalue weighted by Crippen LogP contribution is 2.25. The molecule has 3 aliphatic rings. The average molecular weight is 286 g/mol. The van der Waals surface area contributed by atoms with Crippen LogP contribution in [0, 0.1) is 0 Å². The molecule has 0 saturated carbocycles. The Morgan fingerprint density at radius 3 is 2.37 bits per heavy atom. The van der Waals surface area contributed by atoms with E-state index in [0.717, 1.165) is 25.9 Å². The first kappa shape index (κ1) is 13.8. The van der Waals surface area contributed by atoms with Crippen LogP contribution in [0.5, 0.6) is 0 Å². The van der Waals surface area contributed by atoms with E-state index < -0.39 is 9.84 Å². The standard InChI is InChI=1S/C14H26N2O2S/c17-19(18)10-3-6-14(12-19)16-9-4-8-15-7-2-1-5-13(15)11-16/h13-14H,1-12H2. The van der Waals surface area contributed by atoms with Crippen molar-refractivity contribution in [3.8, 4) is 0 Å². The number of fused-ring (bicyclic) bond motifs is 1. The quantitative estimate of drug-likeness (QED) is 0.724. The van der Waals surface area contributed by atoms with Crippen LogP contribution < -0.4 is 0 Å². The molecule has 3 saturated heterocycles. The molecule has 0 radical (unpaired) electrons. The van der Waals surface area contributed by atoms with Gasteiger partial charge in [0.2, 0.25) is 0 Å². The molecule has 5 heteroatoms. The van der Waals surface area contributed by atoms with Gasteiger partial charge in [0.25, 0.3) is 0 Å². The zero-order chi connectivity index (χ0) is 13.3. The van der Waals surface area contributed by atoms with Crippen LogP contribution in [0.3, 0.4) is 0 Å². The van der Waals surface area contributed by atoms with Gasteiger partial charge in [0, 0.05) is 18.6 Å². The molecule has 3 aliphatic heterocycles. The summed E-state index contributed by atoms with van der Waals surface area (Å²) in [4.78, 5) is 5.13. The molecule has 3 heterocycles. The smallest absolute Gasteiger partial charge is 0.151 e. The summed E-state index contributed by atoms with van der Waals surface area (Å²) < 4.78 is 23.7. The first-order valence-corrected chi connectivity index (χ1v) is 9.65. The minimum atomic E-state index is -2.78. The molecule has 3 fully saturated rings. The zero-order valence-corrected chi connectivity index (χ0v) is 12.6. The first-order chi connectivity index (χ1) is 9.14.